The Hall–Kier alpha value is -2.69. The SMILES string of the molecule is CCC(C)C(NC(=O)C(CC(N)=O)NC(=O)C(CC(C)C)NC(=O)CN)C(=O)O. The van der Waals surface area contributed by atoms with Crippen LogP contribution in [0.3, 0.4) is 0 Å². The van der Waals surface area contributed by atoms with Gasteiger partial charge in [-0.2, -0.15) is 0 Å². The lowest BCUT2D eigenvalue weighted by Crippen LogP contribution is -2.57. The maximum atomic E-state index is 12.6. The van der Waals surface area contributed by atoms with Gasteiger partial charge in [-0.15, -0.1) is 0 Å². The molecule has 0 heterocycles. The molecule has 0 radical (unpaired) electrons. The number of nitrogens with one attached hydrogen (secondary N) is 3. The number of carboxylic acid groups (broad SMARTS) is 1. The van der Waals surface area contributed by atoms with Crippen LogP contribution in [-0.4, -0.2) is 59.4 Å². The van der Waals surface area contributed by atoms with Crippen LogP contribution in [0, 0.1) is 11.8 Å². The minimum Gasteiger partial charge on any atom is -0.480 e. The van der Waals surface area contributed by atoms with E-state index in [-0.39, 0.29) is 24.8 Å². The van der Waals surface area contributed by atoms with Crippen LogP contribution in [0.15, 0.2) is 0 Å². The Morgan fingerprint density at radius 1 is 0.931 bits per heavy atom. The van der Waals surface area contributed by atoms with E-state index in [2.05, 4.69) is 16.0 Å². The van der Waals surface area contributed by atoms with E-state index in [1.807, 2.05) is 13.8 Å². The first-order valence-electron chi connectivity index (χ1n) is 9.54. The highest BCUT2D eigenvalue weighted by Gasteiger charge is 2.32. The molecule has 0 aliphatic rings. The quantitative estimate of drug-likeness (QED) is 0.209. The lowest BCUT2D eigenvalue weighted by Gasteiger charge is -2.26. The van der Waals surface area contributed by atoms with Crippen molar-refractivity contribution in [2.45, 2.75) is 65.1 Å². The zero-order chi connectivity index (χ0) is 22.7. The van der Waals surface area contributed by atoms with Crippen molar-refractivity contribution in [1.82, 2.24) is 16.0 Å². The van der Waals surface area contributed by atoms with Crippen LogP contribution >= 0.6 is 0 Å². The predicted molar refractivity (Wildman–Crippen MR) is 105 cm³/mol. The second kappa shape index (κ2) is 12.7. The third-order valence-corrected chi connectivity index (χ3v) is 4.36. The molecule has 0 aromatic heterocycles. The van der Waals surface area contributed by atoms with Crippen molar-refractivity contribution in [3.63, 3.8) is 0 Å². The second-order valence-corrected chi connectivity index (χ2v) is 7.40. The van der Waals surface area contributed by atoms with Crippen LogP contribution < -0.4 is 27.4 Å². The lowest BCUT2D eigenvalue weighted by molar-refractivity contribution is -0.144. The molecule has 0 saturated carbocycles. The van der Waals surface area contributed by atoms with E-state index in [0.717, 1.165) is 0 Å². The van der Waals surface area contributed by atoms with Crippen molar-refractivity contribution in [3.8, 4) is 0 Å². The predicted octanol–water partition coefficient (Wildman–Crippen LogP) is -1.55. The molecule has 0 aromatic carbocycles. The minimum absolute atomic E-state index is 0.0361. The Morgan fingerprint density at radius 2 is 1.48 bits per heavy atom. The highest BCUT2D eigenvalue weighted by atomic mass is 16.4. The first-order chi connectivity index (χ1) is 13.4. The maximum Gasteiger partial charge on any atom is 0.326 e. The van der Waals surface area contributed by atoms with Gasteiger partial charge in [-0.1, -0.05) is 34.1 Å². The van der Waals surface area contributed by atoms with E-state index < -0.39 is 54.1 Å². The molecule has 4 unspecified atom stereocenters. The third-order valence-electron chi connectivity index (χ3n) is 4.36. The summed E-state index contributed by atoms with van der Waals surface area (Å²) >= 11 is 0. The number of hydrogen-bond donors (Lipinski definition) is 6. The van der Waals surface area contributed by atoms with E-state index >= 15 is 0 Å². The van der Waals surface area contributed by atoms with Gasteiger partial charge in [-0.3, -0.25) is 19.2 Å². The minimum atomic E-state index is -1.38. The molecule has 0 saturated heterocycles. The average Bonchev–Trinajstić information content (AvgIpc) is 2.62. The van der Waals surface area contributed by atoms with Crippen molar-refractivity contribution in [1.29, 1.82) is 0 Å². The molecule has 11 nitrogen and oxygen atoms in total. The molecular weight excluding hydrogens is 382 g/mol. The Labute approximate surface area is 170 Å². The van der Waals surface area contributed by atoms with E-state index in [9.17, 15) is 29.1 Å². The van der Waals surface area contributed by atoms with Crippen LogP contribution in [0.4, 0.5) is 0 Å². The summed E-state index contributed by atoms with van der Waals surface area (Å²) in [6, 6.07) is -3.54. The number of amides is 4. The van der Waals surface area contributed by atoms with Crippen molar-refractivity contribution in [2.24, 2.45) is 23.3 Å². The normalized spacial score (nSPS) is 15.0. The van der Waals surface area contributed by atoms with Crippen molar-refractivity contribution in [3.05, 3.63) is 0 Å². The summed E-state index contributed by atoms with van der Waals surface area (Å²) in [6.45, 7) is 6.79. The number of rotatable bonds is 13. The van der Waals surface area contributed by atoms with Crippen LogP contribution in [0.5, 0.6) is 0 Å². The zero-order valence-electron chi connectivity index (χ0n) is 17.4. The van der Waals surface area contributed by atoms with Crippen LogP contribution in [0.2, 0.25) is 0 Å². The largest absolute Gasteiger partial charge is 0.480 e. The highest BCUT2D eigenvalue weighted by molar-refractivity contribution is 5.95. The zero-order valence-corrected chi connectivity index (χ0v) is 17.4. The smallest absolute Gasteiger partial charge is 0.326 e. The molecule has 0 aliphatic carbocycles. The van der Waals surface area contributed by atoms with Gasteiger partial charge in [0, 0.05) is 0 Å². The number of carboxylic acids is 1. The van der Waals surface area contributed by atoms with Gasteiger partial charge in [-0.25, -0.2) is 4.79 Å². The lowest BCUT2D eigenvalue weighted by atomic mass is 9.98. The van der Waals surface area contributed by atoms with Gasteiger partial charge in [0.1, 0.15) is 18.1 Å². The average molecular weight is 415 g/mol. The molecule has 0 bridgehead atoms. The molecule has 29 heavy (non-hydrogen) atoms. The summed E-state index contributed by atoms with van der Waals surface area (Å²) in [5, 5.41) is 16.5. The molecule has 11 heteroatoms. The van der Waals surface area contributed by atoms with Gasteiger partial charge in [0.2, 0.25) is 23.6 Å². The first kappa shape index (κ1) is 26.3. The molecular formula is C18H33N5O6. The molecule has 4 atom stereocenters. The summed E-state index contributed by atoms with van der Waals surface area (Å²) in [5.74, 6) is -4.52. The number of hydrogen-bond acceptors (Lipinski definition) is 6. The molecule has 4 amide bonds. The van der Waals surface area contributed by atoms with Gasteiger partial charge in [0.15, 0.2) is 0 Å². The molecule has 0 spiro atoms. The summed E-state index contributed by atoms with van der Waals surface area (Å²) < 4.78 is 0. The van der Waals surface area contributed by atoms with Gasteiger partial charge < -0.3 is 32.5 Å². The van der Waals surface area contributed by atoms with E-state index in [4.69, 9.17) is 11.5 Å². The Bertz CT molecular complexity index is 610. The number of nitrogens with two attached hydrogens (primary N) is 2. The second-order valence-electron chi connectivity index (χ2n) is 7.40. The van der Waals surface area contributed by atoms with E-state index in [1.165, 1.54) is 0 Å². The molecule has 0 aliphatic heterocycles. The topological polar surface area (TPSA) is 194 Å². The number of carbonyl (C=O) groups is 5. The fraction of sp³-hybridized carbons (Fsp3) is 0.722. The van der Waals surface area contributed by atoms with Gasteiger partial charge >= 0.3 is 5.97 Å². The molecule has 0 aromatic rings. The van der Waals surface area contributed by atoms with Crippen molar-refractivity contribution < 1.29 is 29.1 Å². The van der Waals surface area contributed by atoms with Crippen LogP contribution in [0.1, 0.15) is 47.0 Å². The van der Waals surface area contributed by atoms with Crippen molar-refractivity contribution >= 4 is 29.6 Å². The van der Waals surface area contributed by atoms with Gasteiger partial charge in [0.25, 0.3) is 0 Å². The Kier molecular flexibility index (Phi) is 11.5. The van der Waals surface area contributed by atoms with Gasteiger partial charge in [-0.05, 0) is 18.3 Å². The van der Waals surface area contributed by atoms with Crippen molar-refractivity contribution in [2.75, 3.05) is 6.54 Å². The standard InChI is InChI=1S/C18H33N5O6/c1-5-10(4)15(18(28)29)23-17(27)12(7-13(20)24)22-16(26)11(6-9(2)3)21-14(25)8-19/h9-12,15H,5-8,19H2,1-4H3,(H2,20,24)(H,21,25)(H,22,26)(H,23,27)(H,28,29). The molecule has 0 fully saturated rings. The molecule has 8 N–H and O–H groups in total. The third kappa shape index (κ3) is 9.88. The fourth-order valence-corrected chi connectivity index (χ4v) is 2.58. The van der Waals surface area contributed by atoms with Crippen LogP contribution in [0.25, 0.3) is 0 Å². The Balaban J connectivity index is 5.44. The van der Waals surface area contributed by atoms with E-state index in [0.29, 0.717) is 6.42 Å². The summed E-state index contributed by atoms with van der Waals surface area (Å²) in [4.78, 5) is 59.6. The monoisotopic (exact) mass is 415 g/mol. The first-order valence-corrected chi connectivity index (χ1v) is 9.54. The summed E-state index contributed by atoms with van der Waals surface area (Å²) in [7, 11) is 0. The highest BCUT2D eigenvalue weighted by Crippen LogP contribution is 2.10. The number of aliphatic carboxylic acids is 1. The molecule has 0 rings (SSSR count). The number of primary amides is 1. The number of carbonyl (C=O) groups excluding carboxylic acids is 4. The maximum absolute atomic E-state index is 12.6. The summed E-state index contributed by atoms with van der Waals surface area (Å²) in [6.07, 6.45) is 0.239. The van der Waals surface area contributed by atoms with E-state index in [1.54, 1.807) is 13.8 Å². The van der Waals surface area contributed by atoms with Gasteiger partial charge in [0.05, 0.1) is 13.0 Å². The summed E-state index contributed by atoms with van der Waals surface area (Å²) in [5.41, 5.74) is 10.4. The Morgan fingerprint density at radius 3 is 1.90 bits per heavy atom. The van der Waals surface area contributed by atoms with Crippen LogP contribution in [-0.2, 0) is 24.0 Å². The fourth-order valence-electron chi connectivity index (χ4n) is 2.58. The molecule has 166 valence electrons.